The fourth-order valence-corrected chi connectivity index (χ4v) is 2.21. The fourth-order valence-electron chi connectivity index (χ4n) is 1.61. The predicted molar refractivity (Wildman–Crippen MR) is 87.6 cm³/mol. The van der Waals surface area contributed by atoms with Crippen molar-refractivity contribution in [3.05, 3.63) is 34.3 Å². The quantitative estimate of drug-likeness (QED) is 0.782. The van der Waals surface area contributed by atoms with Crippen molar-refractivity contribution in [1.82, 2.24) is 5.32 Å². The summed E-state index contributed by atoms with van der Waals surface area (Å²) in [5, 5.41) is 3.46. The van der Waals surface area contributed by atoms with Gasteiger partial charge in [-0.1, -0.05) is 12.2 Å². The first-order valence-corrected chi connectivity index (χ1v) is 7.52. The summed E-state index contributed by atoms with van der Waals surface area (Å²) in [5.41, 5.74) is 1.24. The monoisotopic (exact) mass is 341 g/mol. The van der Waals surface area contributed by atoms with Crippen LogP contribution in [0.2, 0.25) is 0 Å². The van der Waals surface area contributed by atoms with E-state index in [0.717, 1.165) is 28.1 Å². The molecule has 112 valence electrons. The van der Waals surface area contributed by atoms with E-state index in [1.54, 1.807) is 7.11 Å². The van der Waals surface area contributed by atoms with Crippen LogP contribution in [0.25, 0.3) is 0 Å². The van der Waals surface area contributed by atoms with Gasteiger partial charge in [0.15, 0.2) is 11.5 Å². The summed E-state index contributed by atoms with van der Waals surface area (Å²) in [6, 6.07) is 4.07. The number of allylic oxidation sites excluding steroid dienone is 1. The highest BCUT2D eigenvalue weighted by atomic mass is 79.9. The SMILES string of the molecule is CC=CCOc1c(Br)cc(CNC(C)(C)C)cc1OC. The lowest BCUT2D eigenvalue weighted by atomic mass is 10.1. The van der Waals surface area contributed by atoms with E-state index in [0.29, 0.717) is 6.61 Å². The Kier molecular flexibility index (Phi) is 6.56. The molecular formula is C16H24BrNO2. The van der Waals surface area contributed by atoms with Gasteiger partial charge in [0, 0.05) is 12.1 Å². The molecule has 0 saturated carbocycles. The van der Waals surface area contributed by atoms with Gasteiger partial charge in [-0.05, 0) is 61.3 Å². The van der Waals surface area contributed by atoms with Crippen molar-refractivity contribution in [3.63, 3.8) is 0 Å². The number of benzene rings is 1. The van der Waals surface area contributed by atoms with Crippen molar-refractivity contribution >= 4 is 15.9 Å². The van der Waals surface area contributed by atoms with E-state index in [9.17, 15) is 0 Å². The van der Waals surface area contributed by atoms with Gasteiger partial charge in [0.2, 0.25) is 0 Å². The topological polar surface area (TPSA) is 30.5 Å². The van der Waals surface area contributed by atoms with Crippen molar-refractivity contribution in [3.8, 4) is 11.5 Å². The van der Waals surface area contributed by atoms with Crippen LogP contribution < -0.4 is 14.8 Å². The van der Waals surface area contributed by atoms with Gasteiger partial charge in [-0.3, -0.25) is 0 Å². The lowest BCUT2D eigenvalue weighted by Gasteiger charge is -2.21. The molecule has 0 heterocycles. The average Bonchev–Trinajstić information content (AvgIpc) is 2.37. The first-order chi connectivity index (χ1) is 9.37. The highest BCUT2D eigenvalue weighted by Crippen LogP contribution is 2.36. The van der Waals surface area contributed by atoms with E-state index in [1.165, 1.54) is 0 Å². The number of nitrogens with one attached hydrogen (secondary N) is 1. The summed E-state index contributed by atoms with van der Waals surface area (Å²) in [5.74, 6) is 1.49. The van der Waals surface area contributed by atoms with Crippen LogP contribution in [0, 0.1) is 0 Å². The number of methoxy groups -OCH3 is 1. The van der Waals surface area contributed by atoms with Crippen LogP contribution in [0.1, 0.15) is 33.3 Å². The molecule has 0 atom stereocenters. The standard InChI is InChI=1S/C16H24BrNO2/c1-6-7-8-20-15-13(17)9-12(10-14(15)19-5)11-18-16(2,3)4/h6-7,9-10,18H,8,11H2,1-5H3. The van der Waals surface area contributed by atoms with Crippen LogP contribution >= 0.6 is 15.9 Å². The molecule has 1 aromatic rings. The molecule has 0 spiro atoms. The minimum atomic E-state index is 0.0841. The maximum atomic E-state index is 5.72. The summed E-state index contributed by atoms with van der Waals surface area (Å²) in [6.07, 6.45) is 3.92. The van der Waals surface area contributed by atoms with Gasteiger partial charge in [-0.25, -0.2) is 0 Å². The van der Waals surface area contributed by atoms with Crippen molar-refractivity contribution < 1.29 is 9.47 Å². The third kappa shape index (κ3) is 5.55. The van der Waals surface area contributed by atoms with Crippen LogP contribution in [0.4, 0.5) is 0 Å². The second-order valence-corrected chi connectivity index (χ2v) is 6.45. The Balaban J connectivity index is 2.89. The summed E-state index contributed by atoms with van der Waals surface area (Å²) in [6.45, 7) is 9.73. The minimum absolute atomic E-state index is 0.0841. The third-order valence-corrected chi connectivity index (χ3v) is 3.26. The molecule has 0 saturated heterocycles. The first-order valence-electron chi connectivity index (χ1n) is 6.72. The molecule has 0 aliphatic heterocycles. The zero-order valence-electron chi connectivity index (χ0n) is 12.9. The predicted octanol–water partition coefficient (Wildman–Crippen LogP) is 4.30. The van der Waals surface area contributed by atoms with Crippen LogP contribution in [-0.4, -0.2) is 19.3 Å². The second kappa shape index (κ2) is 7.70. The Morgan fingerprint density at radius 2 is 2.00 bits per heavy atom. The van der Waals surface area contributed by atoms with Gasteiger partial charge in [-0.2, -0.15) is 0 Å². The molecule has 20 heavy (non-hydrogen) atoms. The van der Waals surface area contributed by atoms with Crippen LogP contribution in [0.5, 0.6) is 11.5 Å². The third-order valence-electron chi connectivity index (χ3n) is 2.67. The number of ether oxygens (including phenoxy) is 2. The highest BCUT2D eigenvalue weighted by Gasteiger charge is 2.13. The molecule has 0 aromatic heterocycles. The molecule has 0 fully saturated rings. The molecule has 4 heteroatoms. The fraction of sp³-hybridized carbons (Fsp3) is 0.500. The Labute approximate surface area is 130 Å². The Bertz CT molecular complexity index is 464. The molecule has 1 aromatic carbocycles. The second-order valence-electron chi connectivity index (χ2n) is 5.59. The molecular weight excluding hydrogens is 318 g/mol. The molecule has 0 amide bonds. The molecule has 1 rings (SSSR count). The highest BCUT2D eigenvalue weighted by molar-refractivity contribution is 9.10. The average molecular weight is 342 g/mol. The van der Waals surface area contributed by atoms with Crippen molar-refractivity contribution in [2.75, 3.05) is 13.7 Å². The first kappa shape index (κ1) is 17.1. The molecule has 0 radical (unpaired) electrons. The van der Waals surface area contributed by atoms with Crippen LogP contribution in [0.15, 0.2) is 28.8 Å². The summed E-state index contributed by atoms with van der Waals surface area (Å²) < 4.78 is 12.1. The van der Waals surface area contributed by atoms with E-state index in [2.05, 4.69) is 48.1 Å². The lowest BCUT2D eigenvalue weighted by Crippen LogP contribution is -2.35. The molecule has 3 nitrogen and oxygen atoms in total. The smallest absolute Gasteiger partial charge is 0.175 e. The number of hydrogen-bond donors (Lipinski definition) is 1. The van der Waals surface area contributed by atoms with Crippen LogP contribution in [0.3, 0.4) is 0 Å². The molecule has 0 bridgehead atoms. The zero-order chi connectivity index (χ0) is 15.2. The Morgan fingerprint density at radius 1 is 1.30 bits per heavy atom. The molecule has 0 aliphatic carbocycles. The summed E-state index contributed by atoms with van der Waals surface area (Å²) in [4.78, 5) is 0. The van der Waals surface area contributed by atoms with Crippen LogP contribution in [-0.2, 0) is 6.54 Å². The molecule has 1 N–H and O–H groups in total. The minimum Gasteiger partial charge on any atom is -0.493 e. The lowest BCUT2D eigenvalue weighted by molar-refractivity contribution is 0.323. The van der Waals surface area contributed by atoms with Crippen molar-refractivity contribution in [2.24, 2.45) is 0 Å². The molecule has 0 unspecified atom stereocenters. The van der Waals surface area contributed by atoms with Crippen molar-refractivity contribution in [2.45, 2.75) is 39.8 Å². The van der Waals surface area contributed by atoms with Gasteiger partial charge < -0.3 is 14.8 Å². The largest absolute Gasteiger partial charge is 0.493 e. The van der Waals surface area contributed by atoms with Gasteiger partial charge in [-0.15, -0.1) is 0 Å². The summed E-state index contributed by atoms with van der Waals surface area (Å²) >= 11 is 3.55. The Morgan fingerprint density at radius 3 is 2.55 bits per heavy atom. The van der Waals surface area contributed by atoms with E-state index in [4.69, 9.17) is 9.47 Å². The van der Waals surface area contributed by atoms with Gasteiger partial charge in [0.1, 0.15) is 6.61 Å². The summed E-state index contributed by atoms with van der Waals surface area (Å²) in [7, 11) is 1.66. The maximum Gasteiger partial charge on any atom is 0.175 e. The number of halogens is 1. The van der Waals surface area contributed by atoms with Crippen molar-refractivity contribution in [1.29, 1.82) is 0 Å². The van der Waals surface area contributed by atoms with Gasteiger partial charge in [0.05, 0.1) is 11.6 Å². The number of rotatable bonds is 6. The Hall–Kier alpha value is -1.00. The van der Waals surface area contributed by atoms with E-state index < -0.39 is 0 Å². The maximum absolute atomic E-state index is 5.72. The molecule has 0 aliphatic rings. The zero-order valence-corrected chi connectivity index (χ0v) is 14.5. The van der Waals surface area contributed by atoms with E-state index in [-0.39, 0.29) is 5.54 Å². The normalized spacial score (nSPS) is 11.9. The number of hydrogen-bond acceptors (Lipinski definition) is 3. The van der Waals surface area contributed by atoms with E-state index >= 15 is 0 Å². The van der Waals surface area contributed by atoms with Gasteiger partial charge in [0.25, 0.3) is 0 Å². The van der Waals surface area contributed by atoms with Gasteiger partial charge >= 0.3 is 0 Å². The van der Waals surface area contributed by atoms with E-state index in [1.807, 2.05) is 25.1 Å².